The van der Waals surface area contributed by atoms with E-state index in [2.05, 4.69) is 66.0 Å². The maximum atomic E-state index is 6.05. The van der Waals surface area contributed by atoms with Gasteiger partial charge in [-0.2, -0.15) is 0 Å². The first kappa shape index (κ1) is 16.5. The zero-order chi connectivity index (χ0) is 15.7. The van der Waals surface area contributed by atoms with Gasteiger partial charge in [0, 0.05) is 12.0 Å². The highest BCUT2D eigenvalue weighted by molar-refractivity contribution is 5.38. The molecular formula is C19H31NO. The van der Waals surface area contributed by atoms with E-state index in [0.29, 0.717) is 30.1 Å². The lowest BCUT2D eigenvalue weighted by atomic mass is 9.80. The maximum Gasteiger partial charge on any atom is 0.0597 e. The van der Waals surface area contributed by atoms with Crippen LogP contribution in [0.2, 0.25) is 0 Å². The molecule has 0 aliphatic carbocycles. The quantitative estimate of drug-likeness (QED) is 0.910. The van der Waals surface area contributed by atoms with Crippen LogP contribution in [0.15, 0.2) is 12.1 Å². The van der Waals surface area contributed by atoms with Gasteiger partial charge in [-0.25, -0.2) is 0 Å². The Hall–Kier alpha value is -0.860. The number of rotatable bonds is 4. The van der Waals surface area contributed by atoms with Crippen molar-refractivity contribution in [2.75, 3.05) is 7.05 Å². The van der Waals surface area contributed by atoms with Gasteiger partial charge in [0.1, 0.15) is 0 Å². The molecule has 2 rings (SSSR count). The van der Waals surface area contributed by atoms with E-state index in [1.54, 1.807) is 0 Å². The van der Waals surface area contributed by atoms with Gasteiger partial charge in [-0.1, -0.05) is 24.6 Å². The van der Waals surface area contributed by atoms with E-state index < -0.39 is 0 Å². The van der Waals surface area contributed by atoms with Crippen molar-refractivity contribution in [1.82, 2.24) is 5.32 Å². The molecule has 1 fully saturated rings. The number of ether oxygens (including phenoxy) is 1. The first-order valence-corrected chi connectivity index (χ1v) is 8.24. The second-order valence-electron chi connectivity index (χ2n) is 6.96. The molecule has 1 N–H and O–H groups in total. The zero-order valence-electron chi connectivity index (χ0n) is 14.7. The average molecular weight is 289 g/mol. The van der Waals surface area contributed by atoms with Crippen LogP contribution in [-0.4, -0.2) is 25.3 Å². The van der Waals surface area contributed by atoms with E-state index in [1.807, 2.05) is 0 Å². The van der Waals surface area contributed by atoms with E-state index in [9.17, 15) is 0 Å². The van der Waals surface area contributed by atoms with Crippen molar-refractivity contribution in [2.45, 2.75) is 66.2 Å². The Morgan fingerprint density at radius 3 is 2.05 bits per heavy atom. The van der Waals surface area contributed by atoms with Gasteiger partial charge in [0.05, 0.1) is 12.2 Å². The molecule has 118 valence electrons. The van der Waals surface area contributed by atoms with Crippen molar-refractivity contribution >= 4 is 0 Å². The van der Waals surface area contributed by atoms with Crippen molar-refractivity contribution in [3.8, 4) is 0 Å². The summed E-state index contributed by atoms with van der Waals surface area (Å²) in [6.45, 7) is 13.4. The monoisotopic (exact) mass is 289 g/mol. The molecule has 0 bridgehead atoms. The Balaban J connectivity index is 2.24. The van der Waals surface area contributed by atoms with Gasteiger partial charge in [-0.15, -0.1) is 0 Å². The van der Waals surface area contributed by atoms with Crippen LogP contribution < -0.4 is 5.32 Å². The molecule has 0 saturated carbocycles. The maximum absolute atomic E-state index is 6.05. The number of likely N-dealkylation sites (N-methyl/N-ethyl adjacent to an activating group) is 1. The van der Waals surface area contributed by atoms with Gasteiger partial charge in [-0.05, 0) is 70.7 Å². The molecule has 2 nitrogen and oxygen atoms in total. The van der Waals surface area contributed by atoms with E-state index in [-0.39, 0.29) is 0 Å². The van der Waals surface area contributed by atoms with E-state index in [1.165, 1.54) is 22.3 Å². The molecule has 1 aliphatic heterocycles. The molecule has 1 aliphatic rings. The Bertz CT molecular complexity index is 473. The lowest BCUT2D eigenvalue weighted by molar-refractivity contribution is 0.0479. The Morgan fingerprint density at radius 2 is 1.62 bits per heavy atom. The van der Waals surface area contributed by atoms with Gasteiger partial charge in [0.15, 0.2) is 0 Å². The minimum absolute atomic E-state index is 0.332. The SMILES string of the molecule is CNC(Cc1c(C)cc(C)cc1C)C1C(C)OC(C)C1C. The van der Waals surface area contributed by atoms with E-state index in [4.69, 9.17) is 4.74 Å². The lowest BCUT2D eigenvalue weighted by Gasteiger charge is -2.30. The molecule has 0 amide bonds. The first-order valence-electron chi connectivity index (χ1n) is 8.24. The molecule has 21 heavy (non-hydrogen) atoms. The fourth-order valence-electron chi connectivity index (χ4n) is 4.17. The van der Waals surface area contributed by atoms with Crippen LogP contribution in [0.3, 0.4) is 0 Å². The molecule has 0 radical (unpaired) electrons. The fourth-order valence-corrected chi connectivity index (χ4v) is 4.17. The van der Waals surface area contributed by atoms with Crippen LogP contribution in [0.1, 0.15) is 43.0 Å². The summed E-state index contributed by atoms with van der Waals surface area (Å²) in [7, 11) is 2.09. The number of hydrogen-bond acceptors (Lipinski definition) is 2. The van der Waals surface area contributed by atoms with E-state index >= 15 is 0 Å². The van der Waals surface area contributed by atoms with Gasteiger partial charge >= 0.3 is 0 Å². The van der Waals surface area contributed by atoms with Crippen LogP contribution in [-0.2, 0) is 11.2 Å². The van der Waals surface area contributed by atoms with Gasteiger partial charge in [0.2, 0.25) is 0 Å². The molecule has 1 aromatic rings. The summed E-state index contributed by atoms with van der Waals surface area (Å²) in [4.78, 5) is 0. The van der Waals surface area contributed by atoms with Gasteiger partial charge in [0.25, 0.3) is 0 Å². The molecule has 0 spiro atoms. The van der Waals surface area contributed by atoms with Crippen LogP contribution in [0, 0.1) is 32.6 Å². The summed E-state index contributed by atoms with van der Waals surface area (Å²) < 4.78 is 6.05. The molecule has 2 heteroatoms. The molecule has 5 unspecified atom stereocenters. The third kappa shape index (κ3) is 3.32. The molecular weight excluding hydrogens is 258 g/mol. The second-order valence-corrected chi connectivity index (χ2v) is 6.96. The third-order valence-electron chi connectivity index (χ3n) is 5.42. The largest absolute Gasteiger partial charge is 0.375 e. The highest BCUT2D eigenvalue weighted by Crippen LogP contribution is 2.36. The van der Waals surface area contributed by atoms with Crippen LogP contribution in [0.5, 0.6) is 0 Å². The summed E-state index contributed by atoms with van der Waals surface area (Å²) in [6.07, 6.45) is 1.78. The Morgan fingerprint density at radius 1 is 1.05 bits per heavy atom. The van der Waals surface area contributed by atoms with Crippen molar-refractivity contribution in [2.24, 2.45) is 11.8 Å². The second kappa shape index (κ2) is 6.50. The predicted molar refractivity (Wildman–Crippen MR) is 89.9 cm³/mol. The van der Waals surface area contributed by atoms with Crippen LogP contribution in [0.4, 0.5) is 0 Å². The number of nitrogens with one attached hydrogen (secondary N) is 1. The average Bonchev–Trinajstić information content (AvgIpc) is 2.64. The molecule has 0 aromatic heterocycles. The van der Waals surface area contributed by atoms with E-state index in [0.717, 1.165) is 6.42 Å². The summed E-state index contributed by atoms with van der Waals surface area (Å²) in [5.41, 5.74) is 5.69. The number of benzene rings is 1. The summed E-state index contributed by atoms with van der Waals surface area (Å²) in [5, 5.41) is 3.56. The van der Waals surface area contributed by atoms with Crippen molar-refractivity contribution in [3.63, 3.8) is 0 Å². The molecule has 5 atom stereocenters. The minimum atomic E-state index is 0.332. The lowest BCUT2D eigenvalue weighted by Crippen LogP contribution is -2.41. The Kier molecular flexibility index (Phi) is 5.11. The fraction of sp³-hybridized carbons (Fsp3) is 0.684. The van der Waals surface area contributed by atoms with Crippen LogP contribution >= 0.6 is 0 Å². The molecule has 1 aromatic carbocycles. The molecule has 1 saturated heterocycles. The smallest absolute Gasteiger partial charge is 0.0597 e. The van der Waals surface area contributed by atoms with Crippen molar-refractivity contribution < 1.29 is 4.74 Å². The van der Waals surface area contributed by atoms with Crippen LogP contribution in [0.25, 0.3) is 0 Å². The normalized spacial score (nSPS) is 30.6. The Labute approximate surface area is 130 Å². The topological polar surface area (TPSA) is 21.3 Å². The number of hydrogen-bond donors (Lipinski definition) is 1. The molecule has 1 heterocycles. The van der Waals surface area contributed by atoms with Crippen molar-refractivity contribution in [1.29, 1.82) is 0 Å². The highest BCUT2D eigenvalue weighted by atomic mass is 16.5. The summed E-state index contributed by atoms with van der Waals surface area (Å²) in [5.74, 6) is 1.17. The first-order chi connectivity index (χ1) is 9.85. The number of aryl methyl sites for hydroxylation is 3. The van der Waals surface area contributed by atoms with Gasteiger partial charge < -0.3 is 10.1 Å². The standard InChI is InChI=1S/C19H31NO/c1-11-8-12(2)17(13(3)9-11)10-18(20-7)19-14(4)15(5)21-16(19)6/h8-9,14-16,18-20H,10H2,1-7H3. The minimum Gasteiger partial charge on any atom is -0.375 e. The summed E-state index contributed by atoms with van der Waals surface area (Å²) >= 11 is 0. The predicted octanol–water partition coefficient (Wildman–Crippen LogP) is 3.80. The third-order valence-corrected chi connectivity index (χ3v) is 5.42. The summed E-state index contributed by atoms with van der Waals surface area (Å²) in [6, 6.07) is 5.07. The zero-order valence-corrected chi connectivity index (χ0v) is 14.7. The van der Waals surface area contributed by atoms with Crippen molar-refractivity contribution in [3.05, 3.63) is 34.4 Å². The van der Waals surface area contributed by atoms with Gasteiger partial charge in [-0.3, -0.25) is 0 Å². The highest BCUT2D eigenvalue weighted by Gasteiger charge is 2.41.